The Morgan fingerprint density at radius 2 is 1.29 bits per heavy atom. The molecular weight excluding hydrogens is 605 g/mol. The Morgan fingerprint density at radius 3 is 2.06 bits per heavy atom. The summed E-state index contributed by atoms with van der Waals surface area (Å²) in [5.74, 6) is 0.215. The average molecular weight is 645 g/mol. The van der Waals surface area contributed by atoms with Gasteiger partial charge in [-0.2, -0.15) is 0 Å². The molecule has 238 valence electrons. The molecule has 0 unspecified atom stereocenters. The number of aliphatic imine (C=N–C) groups is 1. The number of phenols is 1. The third kappa shape index (κ3) is 6.16. The molecule has 48 heavy (non-hydrogen) atoms. The van der Waals surface area contributed by atoms with Crippen molar-refractivity contribution in [2.75, 3.05) is 0 Å². The van der Waals surface area contributed by atoms with Gasteiger partial charge in [-0.15, -0.1) is 11.3 Å². The van der Waals surface area contributed by atoms with Crippen LogP contribution in [0.3, 0.4) is 0 Å². The fraction of sp³-hybridized carbons (Fsp3) is 0.182. The fourth-order valence-electron chi connectivity index (χ4n) is 6.17. The zero-order valence-corrected chi connectivity index (χ0v) is 29.2. The Labute approximate surface area is 287 Å². The second-order valence-electron chi connectivity index (χ2n) is 14.5. The van der Waals surface area contributed by atoms with Crippen molar-refractivity contribution in [2.45, 2.75) is 52.4 Å². The molecule has 0 radical (unpaired) electrons. The van der Waals surface area contributed by atoms with Gasteiger partial charge in [0, 0.05) is 22.9 Å². The van der Waals surface area contributed by atoms with Gasteiger partial charge in [0.25, 0.3) is 0 Å². The molecule has 4 heteroatoms. The normalized spacial score (nSPS) is 12.4. The van der Waals surface area contributed by atoms with Crippen molar-refractivity contribution in [3.05, 3.63) is 138 Å². The van der Waals surface area contributed by atoms with Crippen LogP contribution in [0.2, 0.25) is 0 Å². The van der Waals surface area contributed by atoms with E-state index in [-0.39, 0.29) is 16.6 Å². The van der Waals surface area contributed by atoms with Gasteiger partial charge in [0.05, 0.1) is 15.9 Å². The molecule has 7 aromatic rings. The summed E-state index contributed by atoms with van der Waals surface area (Å²) in [5.41, 5.74) is 10.6. The number of benzene rings is 6. The van der Waals surface area contributed by atoms with Crippen molar-refractivity contribution < 1.29 is 5.11 Å². The predicted molar refractivity (Wildman–Crippen MR) is 206 cm³/mol. The topological polar surface area (TPSA) is 45.5 Å². The highest BCUT2D eigenvalue weighted by Crippen LogP contribution is 2.43. The second-order valence-corrected chi connectivity index (χ2v) is 15.6. The molecule has 0 atom stereocenters. The van der Waals surface area contributed by atoms with Crippen molar-refractivity contribution in [1.29, 1.82) is 0 Å². The number of rotatable bonds is 5. The van der Waals surface area contributed by atoms with Crippen LogP contribution < -0.4 is 0 Å². The first kappa shape index (κ1) is 31.5. The molecule has 0 amide bonds. The summed E-state index contributed by atoms with van der Waals surface area (Å²) in [5, 5.41) is 14.0. The molecule has 1 heterocycles. The quantitative estimate of drug-likeness (QED) is 0.190. The molecule has 0 aliphatic heterocycles. The molecule has 0 saturated carbocycles. The summed E-state index contributed by atoms with van der Waals surface area (Å²) in [4.78, 5) is 10.2. The van der Waals surface area contributed by atoms with Crippen molar-refractivity contribution in [3.63, 3.8) is 0 Å². The maximum absolute atomic E-state index is 10.6. The van der Waals surface area contributed by atoms with Crippen LogP contribution in [0, 0.1) is 0 Å². The first-order valence-electron chi connectivity index (χ1n) is 16.5. The Morgan fingerprint density at radius 1 is 0.625 bits per heavy atom. The Balaban J connectivity index is 1.38. The number of aromatic hydroxyl groups is 1. The van der Waals surface area contributed by atoms with Crippen LogP contribution in [0.5, 0.6) is 5.75 Å². The number of phenolic OH excluding ortho intramolecular Hbond substituents is 1. The molecule has 0 bridgehead atoms. The summed E-state index contributed by atoms with van der Waals surface area (Å²) in [6.07, 6.45) is 1.76. The summed E-state index contributed by atoms with van der Waals surface area (Å²) in [6.45, 7) is 13.3. The molecular formula is C44H40N2OS. The largest absolute Gasteiger partial charge is 0.507 e. The van der Waals surface area contributed by atoms with Crippen LogP contribution in [0.1, 0.15) is 58.2 Å². The number of hydrogen-bond donors (Lipinski definition) is 1. The van der Waals surface area contributed by atoms with Crippen LogP contribution in [0.4, 0.5) is 5.69 Å². The monoisotopic (exact) mass is 644 g/mol. The second kappa shape index (κ2) is 12.2. The van der Waals surface area contributed by atoms with E-state index in [1.807, 2.05) is 30.3 Å². The fourth-order valence-corrected chi connectivity index (χ4v) is 7.24. The van der Waals surface area contributed by atoms with E-state index in [0.717, 1.165) is 37.6 Å². The molecule has 6 aromatic carbocycles. The Hall–Kier alpha value is -5.06. The lowest BCUT2D eigenvalue weighted by Gasteiger charge is -2.19. The van der Waals surface area contributed by atoms with E-state index in [9.17, 15) is 5.11 Å². The molecule has 3 nitrogen and oxygen atoms in total. The predicted octanol–water partition coefficient (Wildman–Crippen LogP) is 12.5. The molecule has 0 aliphatic rings. The standard InChI is InChI=1S/C44H40N2OS/c1-43(2,3)32-20-18-28(19-21-32)30-25-37(35-16-11-13-29-12-7-8-14-34(29)35)41-40(26-30)48-42(46-41)36-15-9-10-17-38(36)45-27-31-24-33(44(4,5)6)22-23-39(31)47/h7-27,47H,1-6H3. The smallest absolute Gasteiger partial charge is 0.126 e. The van der Waals surface area contributed by atoms with Gasteiger partial charge in [0.1, 0.15) is 10.8 Å². The van der Waals surface area contributed by atoms with Crippen molar-refractivity contribution in [2.24, 2.45) is 4.99 Å². The zero-order valence-electron chi connectivity index (χ0n) is 28.4. The average Bonchev–Trinajstić information content (AvgIpc) is 3.51. The Kier molecular flexibility index (Phi) is 8.01. The van der Waals surface area contributed by atoms with E-state index in [2.05, 4.69) is 126 Å². The molecule has 0 aliphatic carbocycles. The molecule has 7 rings (SSSR count). The first-order chi connectivity index (χ1) is 23.0. The maximum atomic E-state index is 10.6. The number of thiazole rings is 1. The van der Waals surface area contributed by atoms with Crippen molar-refractivity contribution in [1.82, 2.24) is 4.98 Å². The van der Waals surface area contributed by atoms with Crippen LogP contribution in [0.25, 0.3) is 53.8 Å². The van der Waals surface area contributed by atoms with Gasteiger partial charge in [-0.3, -0.25) is 4.99 Å². The van der Waals surface area contributed by atoms with E-state index in [1.165, 1.54) is 33.0 Å². The van der Waals surface area contributed by atoms with E-state index >= 15 is 0 Å². The number of hydrogen-bond acceptors (Lipinski definition) is 4. The minimum Gasteiger partial charge on any atom is -0.507 e. The number of nitrogens with zero attached hydrogens (tertiary/aromatic N) is 2. The molecule has 0 spiro atoms. The lowest BCUT2D eigenvalue weighted by atomic mass is 9.86. The maximum Gasteiger partial charge on any atom is 0.126 e. The minimum atomic E-state index is -0.0372. The highest BCUT2D eigenvalue weighted by atomic mass is 32.1. The highest BCUT2D eigenvalue weighted by molar-refractivity contribution is 7.21. The third-order valence-electron chi connectivity index (χ3n) is 9.03. The van der Waals surface area contributed by atoms with E-state index < -0.39 is 0 Å². The van der Waals surface area contributed by atoms with Gasteiger partial charge < -0.3 is 5.11 Å². The summed E-state index contributed by atoms with van der Waals surface area (Å²) in [7, 11) is 0. The molecule has 1 N–H and O–H groups in total. The van der Waals surface area contributed by atoms with Gasteiger partial charge in [0.2, 0.25) is 0 Å². The Bertz CT molecular complexity index is 2310. The number of para-hydroxylation sites is 1. The SMILES string of the molecule is CC(C)(C)c1ccc(-c2cc(-c3cccc4ccccc34)c3nc(-c4ccccc4N=Cc4cc(C(C)(C)C)ccc4O)sc3c2)cc1. The molecule has 0 fully saturated rings. The van der Waals surface area contributed by atoms with Gasteiger partial charge in [0.15, 0.2) is 0 Å². The zero-order chi connectivity index (χ0) is 33.6. The van der Waals surface area contributed by atoms with Crippen LogP contribution in [-0.4, -0.2) is 16.3 Å². The van der Waals surface area contributed by atoms with Gasteiger partial charge in [-0.25, -0.2) is 4.98 Å². The molecule has 1 aromatic heterocycles. The minimum absolute atomic E-state index is 0.0372. The molecule has 0 saturated heterocycles. The van der Waals surface area contributed by atoms with Crippen molar-refractivity contribution >= 4 is 44.2 Å². The van der Waals surface area contributed by atoms with E-state index in [0.29, 0.717) is 5.56 Å². The van der Waals surface area contributed by atoms with E-state index in [4.69, 9.17) is 9.98 Å². The van der Waals surface area contributed by atoms with E-state index in [1.54, 1.807) is 23.6 Å². The number of fused-ring (bicyclic) bond motifs is 2. The number of aromatic nitrogens is 1. The third-order valence-corrected chi connectivity index (χ3v) is 10.1. The van der Waals surface area contributed by atoms with Gasteiger partial charge in [-0.05, 0) is 85.8 Å². The lowest BCUT2D eigenvalue weighted by molar-refractivity contribution is 0.473. The lowest BCUT2D eigenvalue weighted by Crippen LogP contribution is -2.11. The van der Waals surface area contributed by atoms with Crippen LogP contribution >= 0.6 is 11.3 Å². The highest BCUT2D eigenvalue weighted by Gasteiger charge is 2.19. The summed E-state index contributed by atoms with van der Waals surface area (Å²) in [6, 6.07) is 42.5. The van der Waals surface area contributed by atoms with Gasteiger partial charge in [-0.1, -0.05) is 126 Å². The van der Waals surface area contributed by atoms with Gasteiger partial charge >= 0.3 is 0 Å². The summed E-state index contributed by atoms with van der Waals surface area (Å²) < 4.78 is 1.12. The van der Waals surface area contributed by atoms with Crippen LogP contribution in [-0.2, 0) is 10.8 Å². The van der Waals surface area contributed by atoms with Crippen molar-refractivity contribution in [3.8, 4) is 38.6 Å². The summed E-state index contributed by atoms with van der Waals surface area (Å²) >= 11 is 1.69. The van der Waals surface area contributed by atoms with Crippen LogP contribution in [0.15, 0.2) is 126 Å². The first-order valence-corrected chi connectivity index (χ1v) is 17.3.